The monoisotopic (exact) mass is 274 g/mol. The minimum Gasteiger partial charge on any atom is -0.356 e. The van der Waals surface area contributed by atoms with E-state index in [-0.39, 0.29) is 17.9 Å². The second-order valence-corrected chi connectivity index (χ2v) is 6.02. The Morgan fingerprint density at radius 2 is 2.10 bits per heavy atom. The number of benzene rings is 1. The van der Waals surface area contributed by atoms with Gasteiger partial charge in [-0.1, -0.05) is 43.7 Å². The molecule has 1 saturated carbocycles. The Morgan fingerprint density at radius 1 is 1.35 bits per heavy atom. The molecule has 1 amide bonds. The fourth-order valence-corrected chi connectivity index (χ4v) is 2.97. The van der Waals surface area contributed by atoms with Crippen LogP contribution < -0.4 is 11.1 Å². The van der Waals surface area contributed by atoms with Crippen LogP contribution in [0.5, 0.6) is 0 Å². The second kappa shape index (κ2) is 7.44. The van der Waals surface area contributed by atoms with Crippen LogP contribution in [-0.2, 0) is 4.79 Å². The van der Waals surface area contributed by atoms with E-state index in [4.69, 9.17) is 5.73 Å². The molecule has 0 spiro atoms. The zero-order valence-corrected chi connectivity index (χ0v) is 12.3. The number of nitrogens with two attached hydrogens (primary N) is 1. The van der Waals surface area contributed by atoms with E-state index in [2.05, 4.69) is 36.5 Å². The number of nitrogens with one attached hydrogen (secondary N) is 1. The average molecular weight is 274 g/mol. The lowest BCUT2D eigenvalue weighted by atomic mass is 9.85. The third-order valence-electron chi connectivity index (χ3n) is 4.33. The Hall–Kier alpha value is -1.35. The Kier molecular flexibility index (Phi) is 5.60. The summed E-state index contributed by atoms with van der Waals surface area (Å²) in [5.74, 6) is 0.802. The van der Waals surface area contributed by atoms with Crippen LogP contribution in [0.15, 0.2) is 30.3 Å². The molecule has 110 valence electrons. The normalized spacial score (nSPS) is 24.1. The molecule has 3 heteroatoms. The van der Waals surface area contributed by atoms with Gasteiger partial charge in [0.1, 0.15) is 0 Å². The third-order valence-corrected chi connectivity index (χ3v) is 4.33. The van der Waals surface area contributed by atoms with Gasteiger partial charge in [-0.25, -0.2) is 0 Å². The van der Waals surface area contributed by atoms with Crippen molar-refractivity contribution in [2.75, 3.05) is 6.54 Å². The molecule has 1 aliphatic carbocycles. The van der Waals surface area contributed by atoms with E-state index in [0.29, 0.717) is 5.92 Å². The van der Waals surface area contributed by atoms with Crippen molar-refractivity contribution < 1.29 is 4.79 Å². The molecule has 1 aromatic carbocycles. The Morgan fingerprint density at radius 3 is 2.80 bits per heavy atom. The third kappa shape index (κ3) is 4.34. The lowest BCUT2D eigenvalue weighted by Crippen LogP contribution is -2.38. The largest absolute Gasteiger partial charge is 0.356 e. The van der Waals surface area contributed by atoms with Crippen molar-refractivity contribution >= 4 is 5.91 Å². The molecule has 1 fully saturated rings. The molecule has 0 aromatic heterocycles. The van der Waals surface area contributed by atoms with Gasteiger partial charge in [0.15, 0.2) is 0 Å². The van der Waals surface area contributed by atoms with Crippen molar-refractivity contribution in [3.63, 3.8) is 0 Å². The molecule has 0 saturated heterocycles. The Balaban J connectivity index is 1.71. The number of carbonyl (C=O) groups excluding carboxylic acids is 1. The van der Waals surface area contributed by atoms with Crippen LogP contribution in [-0.4, -0.2) is 18.5 Å². The zero-order chi connectivity index (χ0) is 14.4. The highest BCUT2D eigenvalue weighted by Gasteiger charge is 2.24. The number of hydrogen-bond acceptors (Lipinski definition) is 2. The Labute approximate surface area is 121 Å². The van der Waals surface area contributed by atoms with Crippen LogP contribution in [0.3, 0.4) is 0 Å². The topological polar surface area (TPSA) is 55.1 Å². The van der Waals surface area contributed by atoms with Gasteiger partial charge in [-0.05, 0) is 37.2 Å². The molecule has 3 N–H and O–H groups in total. The number of carbonyl (C=O) groups is 1. The highest BCUT2D eigenvalue weighted by Crippen LogP contribution is 2.23. The summed E-state index contributed by atoms with van der Waals surface area (Å²) in [6, 6.07) is 10.7. The van der Waals surface area contributed by atoms with Crippen molar-refractivity contribution in [2.45, 2.75) is 51.0 Å². The maximum absolute atomic E-state index is 12.1. The van der Waals surface area contributed by atoms with E-state index in [1.54, 1.807) is 0 Å². The highest BCUT2D eigenvalue weighted by atomic mass is 16.1. The lowest BCUT2D eigenvalue weighted by molar-refractivity contribution is -0.126. The molecule has 0 bridgehead atoms. The minimum absolute atomic E-state index is 0.130. The van der Waals surface area contributed by atoms with Crippen LogP contribution in [0.1, 0.15) is 50.5 Å². The fourth-order valence-electron chi connectivity index (χ4n) is 2.97. The quantitative estimate of drug-likeness (QED) is 0.867. The van der Waals surface area contributed by atoms with Crippen molar-refractivity contribution in [1.29, 1.82) is 0 Å². The number of hydrogen-bond donors (Lipinski definition) is 2. The van der Waals surface area contributed by atoms with E-state index in [0.717, 1.165) is 38.6 Å². The summed E-state index contributed by atoms with van der Waals surface area (Å²) >= 11 is 0. The molecule has 1 aliphatic rings. The molecular weight excluding hydrogens is 248 g/mol. The smallest absolute Gasteiger partial charge is 0.223 e. The van der Waals surface area contributed by atoms with Crippen LogP contribution >= 0.6 is 0 Å². The second-order valence-electron chi connectivity index (χ2n) is 6.02. The van der Waals surface area contributed by atoms with Gasteiger partial charge >= 0.3 is 0 Å². The molecule has 2 rings (SSSR count). The van der Waals surface area contributed by atoms with Gasteiger partial charge in [-0.3, -0.25) is 4.79 Å². The van der Waals surface area contributed by atoms with Gasteiger partial charge in [-0.2, -0.15) is 0 Å². The van der Waals surface area contributed by atoms with Crippen molar-refractivity contribution in [1.82, 2.24) is 5.32 Å². The van der Waals surface area contributed by atoms with Crippen molar-refractivity contribution in [2.24, 2.45) is 11.7 Å². The van der Waals surface area contributed by atoms with Gasteiger partial charge in [0, 0.05) is 18.5 Å². The first kappa shape index (κ1) is 15.0. The average Bonchev–Trinajstić information content (AvgIpc) is 2.48. The van der Waals surface area contributed by atoms with Gasteiger partial charge in [0.25, 0.3) is 0 Å². The molecule has 0 radical (unpaired) electrons. The molecule has 1 aromatic rings. The molecule has 0 aliphatic heterocycles. The van der Waals surface area contributed by atoms with Crippen LogP contribution in [0.4, 0.5) is 0 Å². The molecule has 20 heavy (non-hydrogen) atoms. The van der Waals surface area contributed by atoms with E-state index in [9.17, 15) is 4.79 Å². The van der Waals surface area contributed by atoms with Gasteiger partial charge < -0.3 is 11.1 Å². The molecular formula is C17H26N2O. The van der Waals surface area contributed by atoms with E-state index >= 15 is 0 Å². The Bertz CT molecular complexity index is 418. The molecule has 3 unspecified atom stereocenters. The van der Waals surface area contributed by atoms with Crippen molar-refractivity contribution in [3.8, 4) is 0 Å². The predicted molar refractivity (Wildman–Crippen MR) is 82.4 cm³/mol. The molecule has 3 nitrogen and oxygen atoms in total. The molecule has 3 atom stereocenters. The van der Waals surface area contributed by atoms with Crippen LogP contribution in [0.25, 0.3) is 0 Å². The summed E-state index contributed by atoms with van der Waals surface area (Å²) in [6.45, 7) is 2.96. The van der Waals surface area contributed by atoms with Gasteiger partial charge in [0.05, 0.1) is 0 Å². The fraction of sp³-hybridized carbons (Fsp3) is 0.588. The summed E-state index contributed by atoms with van der Waals surface area (Å²) in [7, 11) is 0. The van der Waals surface area contributed by atoms with E-state index in [1.807, 2.05) is 6.07 Å². The lowest BCUT2D eigenvalue weighted by Gasteiger charge is -2.25. The standard InChI is InChI=1S/C17H26N2O/c1-13(14-6-3-2-4-7-14)10-11-19-17(20)15-8-5-9-16(18)12-15/h2-4,6-7,13,15-16H,5,8-12,18H2,1H3,(H,19,20). The summed E-state index contributed by atoms with van der Waals surface area (Å²) in [5.41, 5.74) is 7.27. The first-order chi connectivity index (χ1) is 9.66. The SMILES string of the molecule is CC(CCNC(=O)C1CCCC(N)C1)c1ccccc1. The first-order valence-corrected chi connectivity index (χ1v) is 7.75. The minimum atomic E-state index is 0.130. The summed E-state index contributed by atoms with van der Waals surface area (Å²) in [5, 5.41) is 3.08. The summed E-state index contributed by atoms with van der Waals surface area (Å²) in [6.07, 6.45) is 4.97. The number of amides is 1. The predicted octanol–water partition coefficient (Wildman–Crippen LogP) is 2.81. The van der Waals surface area contributed by atoms with Gasteiger partial charge in [-0.15, -0.1) is 0 Å². The highest BCUT2D eigenvalue weighted by molar-refractivity contribution is 5.78. The number of rotatable bonds is 5. The van der Waals surface area contributed by atoms with E-state index < -0.39 is 0 Å². The molecule has 0 heterocycles. The summed E-state index contributed by atoms with van der Waals surface area (Å²) < 4.78 is 0. The maximum atomic E-state index is 12.1. The summed E-state index contributed by atoms with van der Waals surface area (Å²) in [4.78, 5) is 12.1. The van der Waals surface area contributed by atoms with E-state index in [1.165, 1.54) is 5.56 Å². The maximum Gasteiger partial charge on any atom is 0.223 e. The van der Waals surface area contributed by atoms with Crippen molar-refractivity contribution in [3.05, 3.63) is 35.9 Å². The van der Waals surface area contributed by atoms with Crippen LogP contribution in [0, 0.1) is 5.92 Å². The van der Waals surface area contributed by atoms with Gasteiger partial charge in [0.2, 0.25) is 5.91 Å². The first-order valence-electron chi connectivity index (χ1n) is 7.75. The van der Waals surface area contributed by atoms with Crippen LogP contribution in [0.2, 0.25) is 0 Å². The zero-order valence-electron chi connectivity index (χ0n) is 12.3.